The Bertz CT molecular complexity index is 883. The molecule has 116 valence electrons. The summed E-state index contributed by atoms with van der Waals surface area (Å²) in [6.07, 6.45) is 5.61. The fraction of sp³-hybridized carbons (Fsp3) is 0.278. The Morgan fingerprint density at radius 2 is 1.83 bits per heavy atom. The third-order valence-corrected chi connectivity index (χ3v) is 5.30. The fourth-order valence-electron chi connectivity index (χ4n) is 2.96. The lowest BCUT2D eigenvalue weighted by Gasteiger charge is -2.27. The molecular formula is C18H17N3OS. The highest BCUT2D eigenvalue weighted by molar-refractivity contribution is 7.21. The van der Waals surface area contributed by atoms with E-state index in [-0.39, 0.29) is 5.56 Å². The zero-order valence-electron chi connectivity index (χ0n) is 12.7. The van der Waals surface area contributed by atoms with Gasteiger partial charge in [-0.1, -0.05) is 12.1 Å². The van der Waals surface area contributed by atoms with Gasteiger partial charge in [-0.25, -0.2) is 4.98 Å². The zero-order valence-corrected chi connectivity index (χ0v) is 13.6. The van der Waals surface area contributed by atoms with E-state index in [2.05, 4.69) is 14.9 Å². The van der Waals surface area contributed by atoms with E-state index >= 15 is 0 Å². The van der Waals surface area contributed by atoms with E-state index in [0.717, 1.165) is 34.2 Å². The molecule has 3 aromatic rings. The van der Waals surface area contributed by atoms with Gasteiger partial charge in [0.25, 0.3) is 5.56 Å². The molecule has 1 saturated heterocycles. The van der Waals surface area contributed by atoms with Crippen molar-refractivity contribution in [3.8, 4) is 10.6 Å². The van der Waals surface area contributed by atoms with Crippen molar-refractivity contribution in [1.82, 2.24) is 9.97 Å². The summed E-state index contributed by atoms with van der Waals surface area (Å²) >= 11 is 1.53. The lowest BCUT2D eigenvalue weighted by Crippen LogP contribution is -2.29. The van der Waals surface area contributed by atoms with E-state index < -0.39 is 0 Å². The van der Waals surface area contributed by atoms with Crippen molar-refractivity contribution in [1.29, 1.82) is 0 Å². The number of anilines is 1. The largest absolute Gasteiger partial charge is 0.357 e. The number of hydrogen-bond acceptors (Lipinski definition) is 5. The summed E-state index contributed by atoms with van der Waals surface area (Å²) in [6, 6.07) is 11.6. The number of aromatic nitrogens is 2. The van der Waals surface area contributed by atoms with E-state index in [1.807, 2.05) is 42.6 Å². The molecule has 0 bridgehead atoms. The maximum absolute atomic E-state index is 12.2. The van der Waals surface area contributed by atoms with Gasteiger partial charge in [-0.2, -0.15) is 4.98 Å². The molecule has 1 aliphatic heterocycles. The molecule has 23 heavy (non-hydrogen) atoms. The van der Waals surface area contributed by atoms with Crippen LogP contribution in [0.3, 0.4) is 0 Å². The molecule has 0 N–H and O–H groups in total. The van der Waals surface area contributed by atoms with Gasteiger partial charge in [-0.05, 0) is 43.5 Å². The minimum atomic E-state index is -0.172. The molecule has 0 saturated carbocycles. The van der Waals surface area contributed by atoms with Gasteiger partial charge in [0, 0.05) is 29.5 Å². The maximum atomic E-state index is 12.2. The molecule has 1 fully saturated rings. The smallest absolute Gasteiger partial charge is 0.279 e. The molecular weight excluding hydrogens is 306 g/mol. The van der Waals surface area contributed by atoms with Crippen LogP contribution in [0.5, 0.6) is 0 Å². The van der Waals surface area contributed by atoms with Gasteiger partial charge < -0.3 is 4.90 Å². The van der Waals surface area contributed by atoms with Crippen molar-refractivity contribution in [3.63, 3.8) is 0 Å². The highest BCUT2D eigenvalue weighted by Crippen LogP contribution is 2.27. The SMILES string of the molecule is O=c1nc(-c2ccc(N3CCCCC3)nc2)sc2ccccc12. The van der Waals surface area contributed by atoms with Crippen LogP contribution < -0.4 is 10.5 Å². The minimum absolute atomic E-state index is 0.172. The van der Waals surface area contributed by atoms with Crippen LogP contribution >= 0.6 is 11.3 Å². The molecule has 0 spiro atoms. The van der Waals surface area contributed by atoms with Gasteiger partial charge in [0.05, 0.1) is 5.39 Å². The number of piperidine rings is 1. The van der Waals surface area contributed by atoms with Gasteiger partial charge in [0.2, 0.25) is 0 Å². The Kier molecular flexibility index (Phi) is 3.79. The molecule has 0 atom stereocenters. The van der Waals surface area contributed by atoms with E-state index in [1.165, 1.54) is 30.6 Å². The predicted molar refractivity (Wildman–Crippen MR) is 95.2 cm³/mol. The first-order valence-electron chi connectivity index (χ1n) is 7.92. The van der Waals surface area contributed by atoms with E-state index in [9.17, 15) is 4.79 Å². The second kappa shape index (κ2) is 6.08. The predicted octanol–water partition coefficient (Wildman–Crippen LogP) is 3.71. The standard InChI is InChI=1S/C18H17N3OS/c22-17-14-6-2-3-7-15(14)23-18(20-17)13-8-9-16(19-12-13)21-10-4-1-5-11-21/h2-3,6-9,12H,1,4-5,10-11H2. The highest BCUT2D eigenvalue weighted by Gasteiger charge is 2.13. The van der Waals surface area contributed by atoms with Crippen LogP contribution in [0.25, 0.3) is 20.7 Å². The molecule has 1 aromatic carbocycles. The van der Waals surface area contributed by atoms with E-state index in [0.29, 0.717) is 5.39 Å². The van der Waals surface area contributed by atoms with Crippen LogP contribution in [0.4, 0.5) is 5.82 Å². The number of hydrogen-bond donors (Lipinski definition) is 0. The Balaban J connectivity index is 1.69. The number of benzene rings is 1. The molecule has 0 amide bonds. The molecule has 4 rings (SSSR count). The minimum Gasteiger partial charge on any atom is -0.357 e. The van der Waals surface area contributed by atoms with Crippen LogP contribution in [0.2, 0.25) is 0 Å². The van der Waals surface area contributed by atoms with Gasteiger partial charge in [0.1, 0.15) is 10.8 Å². The average molecular weight is 323 g/mol. The van der Waals surface area contributed by atoms with Crippen LogP contribution in [0, 0.1) is 0 Å². The molecule has 1 aliphatic rings. The molecule has 3 heterocycles. The lowest BCUT2D eigenvalue weighted by atomic mass is 10.1. The Morgan fingerprint density at radius 1 is 1.00 bits per heavy atom. The fourth-order valence-corrected chi connectivity index (χ4v) is 3.95. The van der Waals surface area contributed by atoms with Crippen LogP contribution in [-0.4, -0.2) is 23.1 Å². The lowest BCUT2D eigenvalue weighted by molar-refractivity contribution is 0.573. The number of fused-ring (bicyclic) bond motifs is 1. The summed E-state index contributed by atoms with van der Waals surface area (Å²) in [7, 11) is 0. The third kappa shape index (κ3) is 2.84. The normalized spacial score (nSPS) is 15.0. The second-order valence-corrected chi connectivity index (χ2v) is 6.80. The molecule has 0 radical (unpaired) electrons. The molecule has 0 unspecified atom stereocenters. The first-order chi connectivity index (χ1) is 11.3. The summed E-state index contributed by atoms with van der Waals surface area (Å²) in [5.41, 5.74) is 0.730. The molecule has 0 aliphatic carbocycles. The van der Waals surface area contributed by atoms with Crippen molar-refractivity contribution in [2.75, 3.05) is 18.0 Å². The van der Waals surface area contributed by atoms with Gasteiger partial charge in [-0.15, -0.1) is 11.3 Å². The molecule has 4 nitrogen and oxygen atoms in total. The first-order valence-corrected chi connectivity index (χ1v) is 8.74. The van der Waals surface area contributed by atoms with Crippen molar-refractivity contribution in [2.45, 2.75) is 19.3 Å². The summed E-state index contributed by atoms with van der Waals surface area (Å²) in [4.78, 5) is 23.3. The summed E-state index contributed by atoms with van der Waals surface area (Å²) in [5, 5.41) is 1.41. The third-order valence-electron chi connectivity index (χ3n) is 4.20. The highest BCUT2D eigenvalue weighted by atomic mass is 32.1. The maximum Gasteiger partial charge on any atom is 0.279 e. The summed E-state index contributed by atoms with van der Waals surface area (Å²) in [6.45, 7) is 2.15. The zero-order chi connectivity index (χ0) is 15.6. The Labute approximate surface area is 138 Å². The summed E-state index contributed by atoms with van der Waals surface area (Å²) in [5.74, 6) is 1.02. The van der Waals surface area contributed by atoms with E-state index in [1.54, 1.807) is 0 Å². The monoisotopic (exact) mass is 323 g/mol. The van der Waals surface area contributed by atoms with Gasteiger partial charge >= 0.3 is 0 Å². The second-order valence-electron chi connectivity index (χ2n) is 5.77. The Hall–Kier alpha value is -2.27. The topological polar surface area (TPSA) is 46.1 Å². The number of nitrogens with zero attached hydrogens (tertiary/aromatic N) is 3. The molecule has 5 heteroatoms. The number of rotatable bonds is 2. The number of pyridine rings is 1. The van der Waals surface area contributed by atoms with Crippen molar-refractivity contribution in [3.05, 3.63) is 52.9 Å². The van der Waals surface area contributed by atoms with Gasteiger partial charge in [0.15, 0.2) is 0 Å². The quantitative estimate of drug-likeness (QED) is 0.721. The Morgan fingerprint density at radius 3 is 2.61 bits per heavy atom. The van der Waals surface area contributed by atoms with Crippen LogP contribution in [0.1, 0.15) is 19.3 Å². The van der Waals surface area contributed by atoms with Crippen molar-refractivity contribution >= 4 is 27.2 Å². The van der Waals surface area contributed by atoms with Crippen LogP contribution in [-0.2, 0) is 0 Å². The van der Waals surface area contributed by atoms with Crippen molar-refractivity contribution in [2.24, 2.45) is 0 Å². The van der Waals surface area contributed by atoms with Crippen molar-refractivity contribution < 1.29 is 0 Å². The summed E-state index contributed by atoms with van der Waals surface area (Å²) < 4.78 is 0.961. The average Bonchev–Trinajstić information content (AvgIpc) is 2.63. The van der Waals surface area contributed by atoms with Crippen LogP contribution in [0.15, 0.2) is 47.4 Å². The first kappa shape index (κ1) is 14.3. The molecule has 2 aromatic heterocycles. The van der Waals surface area contributed by atoms with E-state index in [4.69, 9.17) is 0 Å². The van der Waals surface area contributed by atoms with Gasteiger partial charge in [-0.3, -0.25) is 4.79 Å².